The van der Waals surface area contributed by atoms with Gasteiger partial charge < -0.3 is 14.8 Å². The summed E-state index contributed by atoms with van der Waals surface area (Å²) in [6, 6.07) is 13.4. The zero-order valence-electron chi connectivity index (χ0n) is 17.8. The van der Waals surface area contributed by atoms with Gasteiger partial charge in [-0.05, 0) is 37.1 Å². The van der Waals surface area contributed by atoms with Crippen molar-refractivity contribution in [2.75, 3.05) is 32.3 Å². The Labute approximate surface area is 177 Å². The lowest BCUT2D eigenvalue weighted by Gasteiger charge is -2.12. The number of nitrogen functional groups attached to an aromatic ring is 1. The highest BCUT2D eigenvalue weighted by Crippen LogP contribution is 2.46. The first-order valence-electron chi connectivity index (χ1n) is 9.48. The van der Waals surface area contributed by atoms with Gasteiger partial charge in [0.05, 0.1) is 18.1 Å². The molecule has 10 heteroatoms. The van der Waals surface area contributed by atoms with Crippen LogP contribution >= 0.6 is 14.7 Å². The van der Waals surface area contributed by atoms with E-state index in [1.54, 1.807) is 44.5 Å². The summed E-state index contributed by atoms with van der Waals surface area (Å²) in [5.74, 6) is 0. The van der Waals surface area contributed by atoms with Gasteiger partial charge >= 0.3 is 0 Å². The molecule has 0 spiro atoms. The molecule has 8 nitrogen and oxygen atoms in total. The average molecular weight is 456 g/mol. The highest BCUT2D eigenvalue weighted by atomic mass is 31.2. The van der Waals surface area contributed by atoms with Crippen LogP contribution in [0.1, 0.15) is 25.0 Å². The SMILES string of the molecule is CCOP(C)(=O)Cc1ccc(N)cc1.CCOP(C)(=O)Cc1ccc([N+](=O)[O-])cc1. The van der Waals surface area contributed by atoms with Crippen molar-refractivity contribution in [1.29, 1.82) is 0 Å². The van der Waals surface area contributed by atoms with Crippen LogP contribution in [0.2, 0.25) is 0 Å². The van der Waals surface area contributed by atoms with Crippen molar-refractivity contribution < 1.29 is 23.1 Å². The zero-order valence-corrected chi connectivity index (χ0v) is 19.6. The van der Waals surface area contributed by atoms with Crippen LogP contribution in [-0.4, -0.2) is 31.5 Å². The first-order chi connectivity index (χ1) is 14.0. The normalized spacial score (nSPS) is 14.7. The largest absolute Gasteiger partial charge is 0.399 e. The van der Waals surface area contributed by atoms with Crippen molar-refractivity contribution in [2.45, 2.75) is 26.2 Å². The maximum absolute atomic E-state index is 11.8. The van der Waals surface area contributed by atoms with E-state index in [4.69, 9.17) is 14.8 Å². The Kier molecular flexibility index (Phi) is 10.4. The summed E-state index contributed by atoms with van der Waals surface area (Å²) in [7, 11) is -5.09. The van der Waals surface area contributed by atoms with Crippen LogP contribution in [0, 0.1) is 10.1 Å². The van der Waals surface area contributed by atoms with Crippen molar-refractivity contribution in [2.24, 2.45) is 0 Å². The average Bonchev–Trinajstić information content (AvgIpc) is 2.64. The highest BCUT2D eigenvalue weighted by Gasteiger charge is 2.17. The predicted octanol–water partition coefficient (Wildman–Crippen LogP) is 5.75. The molecule has 0 saturated carbocycles. The number of rotatable bonds is 9. The molecular formula is C20H30N2O6P2. The molecule has 2 aromatic carbocycles. The molecule has 0 aliphatic rings. The molecule has 30 heavy (non-hydrogen) atoms. The number of nitro benzene ring substituents is 1. The summed E-state index contributed by atoms with van der Waals surface area (Å²) < 4.78 is 34.0. The minimum absolute atomic E-state index is 0.0334. The lowest BCUT2D eigenvalue weighted by Crippen LogP contribution is -1.93. The number of hydrogen-bond acceptors (Lipinski definition) is 7. The van der Waals surface area contributed by atoms with Crippen LogP contribution in [0.4, 0.5) is 11.4 Å². The molecule has 2 unspecified atom stereocenters. The van der Waals surface area contributed by atoms with Crippen molar-refractivity contribution >= 4 is 26.1 Å². The Morgan fingerprint density at radius 1 is 0.833 bits per heavy atom. The van der Waals surface area contributed by atoms with Gasteiger partial charge in [0.15, 0.2) is 0 Å². The summed E-state index contributed by atoms with van der Waals surface area (Å²) in [5, 5.41) is 10.4. The van der Waals surface area contributed by atoms with Crippen molar-refractivity contribution in [3.05, 3.63) is 69.8 Å². The monoisotopic (exact) mass is 456 g/mol. The number of nitro groups is 1. The number of anilines is 1. The molecule has 0 aliphatic carbocycles. The first-order valence-corrected chi connectivity index (χ1v) is 14.0. The van der Waals surface area contributed by atoms with Gasteiger partial charge in [-0.15, -0.1) is 0 Å². The Balaban J connectivity index is 0.000000303. The molecule has 2 rings (SSSR count). The number of benzene rings is 2. The Hall–Kier alpha value is -1.98. The number of nitrogens with zero attached hydrogens (tertiary/aromatic N) is 1. The van der Waals surface area contributed by atoms with E-state index in [1.165, 1.54) is 12.1 Å². The number of non-ortho nitro benzene ring substituents is 1. The van der Waals surface area contributed by atoms with Gasteiger partial charge in [-0.3, -0.25) is 19.2 Å². The van der Waals surface area contributed by atoms with Crippen molar-refractivity contribution in [3.63, 3.8) is 0 Å². The molecule has 166 valence electrons. The molecule has 0 aliphatic heterocycles. The van der Waals surface area contributed by atoms with Crippen LogP contribution in [0.5, 0.6) is 0 Å². The lowest BCUT2D eigenvalue weighted by atomic mass is 10.2. The second kappa shape index (κ2) is 12.0. The molecular weight excluding hydrogens is 426 g/mol. The minimum Gasteiger partial charge on any atom is -0.399 e. The van der Waals surface area contributed by atoms with Crippen molar-refractivity contribution in [3.8, 4) is 0 Å². The summed E-state index contributed by atoms with van der Waals surface area (Å²) in [6.45, 7) is 7.75. The van der Waals surface area contributed by atoms with E-state index >= 15 is 0 Å². The fourth-order valence-electron chi connectivity index (χ4n) is 2.65. The Morgan fingerprint density at radius 3 is 1.53 bits per heavy atom. The van der Waals surface area contributed by atoms with Crippen LogP contribution in [0.3, 0.4) is 0 Å². The van der Waals surface area contributed by atoms with E-state index in [1.807, 2.05) is 19.1 Å². The quantitative estimate of drug-likeness (QED) is 0.221. The van der Waals surface area contributed by atoms with Gasteiger partial charge in [0.1, 0.15) is 0 Å². The molecule has 0 aromatic heterocycles. The zero-order chi connectivity index (χ0) is 22.8. The van der Waals surface area contributed by atoms with Gasteiger partial charge in [0.2, 0.25) is 14.7 Å². The van der Waals surface area contributed by atoms with E-state index < -0.39 is 19.7 Å². The van der Waals surface area contributed by atoms with E-state index in [0.717, 1.165) is 16.8 Å². The second-order valence-corrected chi connectivity index (χ2v) is 12.1. The van der Waals surface area contributed by atoms with Gasteiger partial charge in [-0.25, -0.2) is 0 Å². The molecule has 2 N–H and O–H groups in total. The third kappa shape index (κ3) is 10.2. The molecule has 2 atom stereocenters. The van der Waals surface area contributed by atoms with Gasteiger partial charge in [0.25, 0.3) is 5.69 Å². The maximum Gasteiger partial charge on any atom is 0.269 e. The molecule has 0 amide bonds. The topological polar surface area (TPSA) is 122 Å². The van der Waals surface area contributed by atoms with Crippen LogP contribution in [0.15, 0.2) is 48.5 Å². The van der Waals surface area contributed by atoms with E-state index in [0.29, 0.717) is 25.5 Å². The summed E-state index contributed by atoms with van der Waals surface area (Å²) >= 11 is 0. The molecule has 0 bridgehead atoms. The molecule has 0 saturated heterocycles. The molecule has 2 aromatic rings. The third-order valence-electron chi connectivity index (χ3n) is 3.87. The van der Waals surface area contributed by atoms with Gasteiger partial charge in [0, 0.05) is 43.5 Å². The Morgan fingerprint density at radius 2 is 1.20 bits per heavy atom. The van der Waals surface area contributed by atoms with Crippen LogP contribution in [-0.2, 0) is 30.5 Å². The minimum atomic E-state index is -2.62. The van der Waals surface area contributed by atoms with Crippen molar-refractivity contribution in [1.82, 2.24) is 0 Å². The Bertz CT molecular complexity index is 901. The summed E-state index contributed by atoms with van der Waals surface area (Å²) in [4.78, 5) is 9.97. The smallest absolute Gasteiger partial charge is 0.269 e. The van der Waals surface area contributed by atoms with Gasteiger partial charge in [-0.2, -0.15) is 0 Å². The van der Waals surface area contributed by atoms with Crippen LogP contribution in [0.25, 0.3) is 0 Å². The summed E-state index contributed by atoms with van der Waals surface area (Å²) in [5.41, 5.74) is 8.08. The summed E-state index contributed by atoms with van der Waals surface area (Å²) in [6.07, 6.45) is 0.778. The number of hydrogen-bond donors (Lipinski definition) is 1. The molecule has 0 heterocycles. The second-order valence-electron chi connectivity index (χ2n) is 6.85. The first kappa shape index (κ1) is 26.1. The predicted molar refractivity (Wildman–Crippen MR) is 122 cm³/mol. The van der Waals surface area contributed by atoms with E-state index in [9.17, 15) is 19.2 Å². The van der Waals surface area contributed by atoms with Crippen LogP contribution < -0.4 is 5.73 Å². The van der Waals surface area contributed by atoms with E-state index in [-0.39, 0.29) is 5.69 Å². The standard InChI is InChI=1S/C10H14NO4P.C10H16NO2P/c1-3-15-16(2,14)8-9-4-6-10(7-5-9)11(12)13;1-3-13-14(2,12)8-9-4-6-10(11)7-5-9/h4-7H,3,8H2,1-2H3;4-7H,3,8,11H2,1-2H3. The molecule has 0 fully saturated rings. The lowest BCUT2D eigenvalue weighted by molar-refractivity contribution is -0.384. The number of nitrogens with two attached hydrogens (primary N) is 1. The molecule has 0 radical (unpaired) electrons. The van der Waals surface area contributed by atoms with E-state index in [2.05, 4.69) is 0 Å². The third-order valence-corrected chi connectivity index (χ3v) is 7.36. The fourth-order valence-corrected chi connectivity index (χ4v) is 5.67. The maximum atomic E-state index is 11.8. The van der Waals surface area contributed by atoms with Gasteiger partial charge in [-0.1, -0.05) is 24.3 Å². The highest BCUT2D eigenvalue weighted by molar-refractivity contribution is 7.57. The fraction of sp³-hybridized carbons (Fsp3) is 0.400.